The van der Waals surface area contributed by atoms with Gasteiger partial charge in [0.2, 0.25) is 0 Å². The highest BCUT2D eigenvalue weighted by Crippen LogP contribution is 2.25. The Balaban J connectivity index is 1.81. The lowest BCUT2D eigenvalue weighted by molar-refractivity contribution is 0.0503. The zero-order valence-electron chi connectivity index (χ0n) is 20.3. The van der Waals surface area contributed by atoms with Crippen LogP contribution < -0.4 is 16.0 Å². The van der Waals surface area contributed by atoms with Crippen molar-refractivity contribution in [2.75, 3.05) is 10.6 Å². The van der Waals surface area contributed by atoms with E-state index in [2.05, 4.69) is 31.2 Å². The van der Waals surface area contributed by atoms with Gasteiger partial charge >= 0.3 is 6.09 Å². The first-order valence-corrected chi connectivity index (χ1v) is 11.2. The third-order valence-corrected chi connectivity index (χ3v) is 5.00. The second-order valence-corrected chi connectivity index (χ2v) is 8.94. The Morgan fingerprint density at radius 2 is 2.06 bits per heavy atom. The van der Waals surface area contributed by atoms with Crippen LogP contribution in [0.15, 0.2) is 42.7 Å². The smallest absolute Gasteiger partial charge is 0.407 e. The first-order chi connectivity index (χ1) is 16.6. The zero-order valence-corrected chi connectivity index (χ0v) is 20.3. The number of aromatic nitrogens is 4. The molecule has 0 aliphatic carbocycles. The third-order valence-electron chi connectivity index (χ3n) is 5.00. The van der Waals surface area contributed by atoms with Crippen LogP contribution in [0.2, 0.25) is 0 Å². The lowest BCUT2D eigenvalue weighted by Crippen LogP contribution is -2.46. The Morgan fingerprint density at radius 1 is 1.29 bits per heavy atom. The fourth-order valence-corrected chi connectivity index (χ4v) is 3.33. The number of nitriles is 1. The average Bonchev–Trinajstić information content (AvgIpc) is 3.33. The van der Waals surface area contributed by atoms with Crippen LogP contribution >= 0.6 is 0 Å². The number of anilines is 3. The highest BCUT2D eigenvalue weighted by atomic mass is 19.1. The van der Waals surface area contributed by atoms with Gasteiger partial charge in [-0.05, 0) is 58.4 Å². The fraction of sp³-hybridized carbons (Fsp3) is 0.375. The van der Waals surface area contributed by atoms with Crippen molar-refractivity contribution in [3.05, 3.63) is 54.1 Å². The molecule has 2 heterocycles. The van der Waals surface area contributed by atoms with E-state index < -0.39 is 17.5 Å². The van der Waals surface area contributed by atoms with E-state index in [1.807, 2.05) is 25.1 Å². The maximum absolute atomic E-state index is 14.8. The second kappa shape index (κ2) is 10.8. The number of ether oxygens (including phenoxy) is 1. The van der Waals surface area contributed by atoms with Crippen LogP contribution in [0.3, 0.4) is 0 Å². The number of hydrogen-bond acceptors (Lipinski definition) is 8. The fourth-order valence-electron chi connectivity index (χ4n) is 3.33. The quantitative estimate of drug-likeness (QED) is 0.429. The third kappa shape index (κ3) is 6.89. The number of amides is 1. The number of nitrogens with one attached hydrogen (secondary N) is 3. The summed E-state index contributed by atoms with van der Waals surface area (Å²) in [5.74, 6) is -0.523. The molecule has 2 atom stereocenters. The molecule has 35 heavy (non-hydrogen) atoms. The second-order valence-electron chi connectivity index (χ2n) is 8.94. The molecule has 1 amide bonds. The summed E-state index contributed by atoms with van der Waals surface area (Å²) < 4.78 is 21.7. The van der Waals surface area contributed by atoms with Gasteiger partial charge in [0.15, 0.2) is 17.5 Å². The summed E-state index contributed by atoms with van der Waals surface area (Å²) in [4.78, 5) is 16.5. The van der Waals surface area contributed by atoms with Gasteiger partial charge in [-0.25, -0.2) is 18.9 Å². The monoisotopic (exact) mass is 480 g/mol. The number of halogens is 1. The van der Waals surface area contributed by atoms with Crippen molar-refractivity contribution >= 4 is 23.4 Å². The molecule has 0 aliphatic heterocycles. The molecule has 1 aromatic carbocycles. The molecule has 0 bridgehead atoms. The Labute approximate surface area is 203 Å². The summed E-state index contributed by atoms with van der Waals surface area (Å²) in [7, 11) is 0. The number of carbonyl (C=O) groups is 1. The molecule has 184 valence electrons. The number of alkyl carbamates (subject to hydrolysis) is 1. The Hall–Kier alpha value is -4.20. The van der Waals surface area contributed by atoms with Crippen LogP contribution in [0.25, 0.3) is 5.69 Å². The van der Waals surface area contributed by atoms with Crippen molar-refractivity contribution in [1.29, 1.82) is 5.26 Å². The molecule has 0 fully saturated rings. The molecule has 0 radical (unpaired) electrons. The van der Waals surface area contributed by atoms with Crippen molar-refractivity contribution in [1.82, 2.24) is 25.3 Å². The lowest BCUT2D eigenvalue weighted by atomic mass is 10.1. The largest absolute Gasteiger partial charge is 0.444 e. The predicted octanol–water partition coefficient (Wildman–Crippen LogP) is 4.52. The summed E-state index contributed by atoms with van der Waals surface area (Å²) >= 11 is 0. The van der Waals surface area contributed by atoms with Gasteiger partial charge in [0, 0.05) is 17.8 Å². The van der Waals surface area contributed by atoms with E-state index >= 15 is 0 Å². The normalized spacial score (nSPS) is 12.8. The van der Waals surface area contributed by atoms with Gasteiger partial charge in [-0.2, -0.15) is 5.26 Å². The molecule has 0 spiro atoms. The maximum atomic E-state index is 14.8. The molecule has 3 aromatic rings. The first-order valence-electron chi connectivity index (χ1n) is 11.2. The first kappa shape index (κ1) is 25.4. The van der Waals surface area contributed by atoms with Crippen molar-refractivity contribution in [3.8, 4) is 11.8 Å². The van der Waals surface area contributed by atoms with Gasteiger partial charge in [0.05, 0.1) is 23.6 Å². The molecule has 2 aromatic heterocycles. The summed E-state index contributed by atoms with van der Waals surface area (Å²) in [6, 6.07) is 9.61. The van der Waals surface area contributed by atoms with E-state index in [9.17, 15) is 14.4 Å². The van der Waals surface area contributed by atoms with Gasteiger partial charge in [-0.3, -0.25) is 0 Å². The lowest BCUT2D eigenvalue weighted by Gasteiger charge is -2.27. The van der Waals surface area contributed by atoms with Crippen molar-refractivity contribution in [2.45, 2.75) is 58.7 Å². The summed E-state index contributed by atoms with van der Waals surface area (Å²) in [6.45, 7) is 9.03. The number of pyridine rings is 1. The number of carbonyl (C=O) groups excluding carboxylic acids is 1. The summed E-state index contributed by atoms with van der Waals surface area (Å²) in [5, 5.41) is 26.2. The molecule has 0 saturated heterocycles. The highest BCUT2D eigenvalue weighted by molar-refractivity contribution is 5.69. The average molecular weight is 481 g/mol. The van der Waals surface area contributed by atoms with Gasteiger partial charge in [0.1, 0.15) is 11.7 Å². The molecule has 0 aliphatic rings. The topological polar surface area (TPSA) is 130 Å². The van der Waals surface area contributed by atoms with Crippen LogP contribution in [0.4, 0.5) is 26.5 Å². The Morgan fingerprint density at radius 3 is 2.69 bits per heavy atom. The van der Waals surface area contributed by atoms with Crippen molar-refractivity contribution in [2.24, 2.45) is 0 Å². The van der Waals surface area contributed by atoms with E-state index in [0.717, 1.165) is 11.8 Å². The van der Waals surface area contributed by atoms with Gasteiger partial charge in [0.25, 0.3) is 0 Å². The van der Waals surface area contributed by atoms with Crippen molar-refractivity contribution in [3.63, 3.8) is 0 Å². The van der Waals surface area contributed by atoms with E-state index in [-0.39, 0.29) is 29.3 Å². The predicted molar refractivity (Wildman–Crippen MR) is 130 cm³/mol. The molecule has 0 unspecified atom stereocenters. The minimum atomic E-state index is -0.675. The standard InChI is InChI=1S/C24H29FN8O2/c1-6-20(15(2)28-23(34)35-24(3,4)5)30-22-19(25)12-16(14-26)21(31-22)29-17-8-7-9-18(13-17)33-11-10-27-32-33/h7-13,15,20H,6H2,1-5H3,(H,28,34)(H2,29,30,31)/t15-,20+/m0/s1. The number of benzene rings is 1. The summed E-state index contributed by atoms with van der Waals surface area (Å²) in [5.41, 5.74) is 0.796. The number of hydrogen-bond donors (Lipinski definition) is 3. The van der Waals surface area contributed by atoms with E-state index in [4.69, 9.17) is 4.74 Å². The van der Waals surface area contributed by atoms with Crippen LogP contribution in [0.1, 0.15) is 46.6 Å². The Kier molecular flexibility index (Phi) is 7.86. The zero-order chi connectivity index (χ0) is 25.6. The SMILES string of the molecule is CC[C@@H](Nc1nc(Nc2cccc(-n3ccnn3)c2)c(C#N)cc1F)[C@H](C)NC(=O)OC(C)(C)C. The molecular weight excluding hydrogens is 451 g/mol. The minimum Gasteiger partial charge on any atom is -0.444 e. The van der Waals surface area contributed by atoms with Crippen LogP contribution in [-0.4, -0.2) is 43.8 Å². The van der Waals surface area contributed by atoms with Crippen LogP contribution in [0, 0.1) is 17.1 Å². The van der Waals surface area contributed by atoms with E-state index in [1.165, 1.54) is 0 Å². The van der Waals surface area contributed by atoms with Gasteiger partial charge in [-0.15, -0.1) is 5.10 Å². The van der Waals surface area contributed by atoms with Crippen LogP contribution in [-0.2, 0) is 4.74 Å². The van der Waals surface area contributed by atoms with Crippen LogP contribution in [0.5, 0.6) is 0 Å². The van der Waals surface area contributed by atoms with E-state index in [1.54, 1.807) is 56.9 Å². The molecule has 3 rings (SSSR count). The molecule has 10 nitrogen and oxygen atoms in total. The van der Waals surface area contributed by atoms with E-state index in [0.29, 0.717) is 12.1 Å². The molecular formula is C24H29FN8O2. The number of nitrogens with zero attached hydrogens (tertiary/aromatic N) is 5. The van der Waals surface area contributed by atoms with Gasteiger partial charge in [-0.1, -0.05) is 18.2 Å². The summed E-state index contributed by atoms with van der Waals surface area (Å²) in [6.07, 6.45) is 3.28. The van der Waals surface area contributed by atoms with Gasteiger partial charge < -0.3 is 20.7 Å². The highest BCUT2D eigenvalue weighted by Gasteiger charge is 2.23. The number of rotatable bonds is 8. The molecule has 11 heteroatoms. The molecule has 0 saturated carbocycles. The Bertz CT molecular complexity index is 1200. The maximum Gasteiger partial charge on any atom is 0.407 e. The minimum absolute atomic E-state index is 0.0383. The van der Waals surface area contributed by atoms with Crippen molar-refractivity contribution < 1.29 is 13.9 Å². The molecule has 3 N–H and O–H groups in total.